The monoisotopic (exact) mass is 463 g/mol. The van der Waals surface area contributed by atoms with E-state index < -0.39 is 11.9 Å². The number of carbonyl (C=O) groups is 1. The molecule has 0 N–H and O–H groups in total. The Bertz CT molecular complexity index is 1180. The van der Waals surface area contributed by atoms with Crippen LogP contribution in [0.1, 0.15) is 25.5 Å². The highest BCUT2D eigenvalue weighted by atomic mass is 35.5. The number of para-hydroxylation sites is 2. The quantitative estimate of drug-likeness (QED) is 0.500. The molecule has 1 aliphatic rings. The minimum atomic E-state index is -1.14. The summed E-state index contributed by atoms with van der Waals surface area (Å²) in [5, 5.41) is 10.6. The minimum absolute atomic E-state index is 0.176. The summed E-state index contributed by atoms with van der Waals surface area (Å²) >= 11 is 6.16. The molecule has 8 heteroatoms. The van der Waals surface area contributed by atoms with Gasteiger partial charge in [0, 0.05) is 36.9 Å². The number of benzene rings is 2. The number of carbonyl (C=O) groups excluding carboxylic acids is 1. The Labute approximate surface area is 198 Å². The number of nitriles is 1. The number of fused-ring (bicyclic) bond motifs is 1. The van der Waals surface area contributed by atoms with E-state index in [9.17, 15) is 10.1 Å². The third kappa shape index (κ3) is 5.18. The molecule has 0 amide bonds. The predicted molar refractivity (Wildman–Crippen MR) is 130 cm³/mol. The van der Waals surface area contributed by atoms with Crippen LogP contribution in [0.5, 0.6) is 0 Å². The molecule has 1 aliphatic heterocycles. The van der Waals surface area contributed by atoms with E-state index >= 15 is 0 Å². The van der Waals surface area contributed by atoms with Gasteiger partial charge in [0.1, 0.15) is 5.69 Å². The summed E-state index contributed by atoms with van der Waals surface area (Å²) in [5.74, 6) is -0.987. The number of hydrogen-bond acceptors (Lipinski definition) is 7. The lowest BCUT2D eigenvalue weighted by atomic mass is 10.1. The lowest BCUT2D eigenvalue weighted by Gasteiger charge is -2.37. The first-order chi connectivity index (χ1) is 16.0. The maximum Gasteiger partial charge on any atom is 0.329 e. The van der Waals surface area contributed by atoms with E-state index in [1.54, 1.807) is 0 Å². The van der Waals surface area contributed by atoms with Crippen LogP contribution in [-0.4, -0.2) is 48.7 Å². The highest BCUT2D eigenvalue weighted by Crippen LogP contribution is 2.30. The van der Waals surface area contributed by atoms with Crippen molar-refractivity contribution in [3.05, 3.63) is 59.2 Å². The number of piperazine rings is 1. The van der Waals surface area contributed by atoms with Crippen molar-refractivity contribution in [3.8, 4) is 6.07 Å². The minimum Gasteiger partial charge on any atom is -0.464 e. The van der Waals surface area contributed by atoms with E-state index in [2.05, 4.69) is 15.9 Å². The average molecular weight is 464 g/mol. The van der Waals surface area contributed by atoms with E-state index in [4.69, 9.17) is 26.3 Å². The molecule has 0 radical (unpaired) electrons. The fraction of sp³-hybridized carbons (Fsp3) is 0.360. The van der Waals surface area contributed by atoms with Gasteiger partial charge >= 0.3 is 5.97 Å². The van der Waals surface area contributed by atoms with Gasteiger partial charge in [-0.05, 0) is 36.2 Å². The first-order valence-corrected chi connectivity index (χ1v) is 11.4. The lowest BCUT2D eigenvalue weighted by molar-refractivity contribution is -0.145. The summed E-state index contributed by atoms with van der Waals surface area (Å²) in [6.45, 7) is 7.01. The van der Waals surface area contributed by atoms with Crippen molar-refractivity contribution in [2.45, 2.75) is 19.8 Å². The van der Waals surface area contributed by atoms with Crippen molar-refractivity contribution in [2.24, 2.45) is 5.92 Å². The molecule has 1 fully saturated rings. The summed E-state index contributed by atoms with van der Waals surface area (Å²) in [7, 11) is 0. The molecule has 1 aromatic heterocycles. The highest BCUT2D eigenvalue weighted by molar-refractivity contribution is 6.30. The molecule has 0 spiro atoms. The number of nitrogens with zero attached hydrogens (tertiary/aromatic N) is 5. The summed E-state index contributed by atoms with van der Waals surface area (Å²) in [5.41, 5.74) is 2.78. The summed E-state index contributed by atoms with van der Waals surface area (Å²) in [6, 6.07) is 17.4. The Morgan fingerprint density at radius 3 is 2.36 bits per heavy atom. The molecule has 0 aliphatic carbocycles. The fourth-order valence-electron chi connectivity index (χ4n) is 3.84. The van der Waals surface area contributed by atoms with E-state index in [0.29, 0.717) is 35.1 Å². The van der Waals surface area contributed by atoms with Crippen molar-refractivity contribution < 1.29 is 9.53 Å². The zero-order chi connectivity index (χ0) is 23.4. The summed E-state index contributed by atoms with van der Waals surface area (Å²) < 4.78 is 5.38. The number of ether oxygens (including phenoxy) is 1. The molecule has 7 nitrogen and oxygen atoms in total. The standard InChI is InChI=1S/C25H26ClN5O2/c1-17(2)16-33-25(32)20(15-27)23-24(29-22-9-4-3-8-21(22)28-23)31-12-10-30(11-13-31)19-7-5-6-18(26)14-19/h3-9,14,17,20H,10-13,16H2,1-2H3/t20-/m1/s1. The van der Waals surface area contributed by atoms with Gasteiger partial charge in [0.15, 0.2) is 11.7 Å². The second kappa shape index (κ2) is 10.1. The van der Waals surface area contributed by atoms with E-state index in [-0.39, 0.29) is 12.5 Å². The van der Waals surface area contributed by atoms with Crippen LogP contribution in [0, 0.1) is 17.2 Å². The number of halogens is 1. The van der Waals surface area contributed by atoms with Crippen molar-refractivity contribution in [1.82, 2.24) is 9.97 Å². The molecule has 170 valence electrons. The van der Waals surface area contributed by atoms with E-state index in [1.165, 1.54) is 0 Å². The maximum absolute atomic E-state index is 12.8. The second-order valence-electron chi connectivity index (χ2n) is 8.46. The molecule has 33 heavy (non-hydrogen) atoms. The zero-order valence-electron chi connectivity index (χ0n) is 18.7. The van der Waals surface area contributed by atoms with Gasteiger partial charge in [0.25, 0.3) is 0 Å². The van der Waals surface area contributed by atoms with Gasteiger partial charge in [-0.3, -0.25) is 4.79 Å². The molecular formula is C25H26ClN5O2. The van der Waals surface area contributed by atoms with Crippen LogP contribution in [-0.2, 0) is 9.53 Å². The summed E-state index contributed by atoms with van der Waals surface area (Å²) in [6.07, 6.45) is 0. The van der Waals surface area contributed by atoms with Crippen molar-refractivity contribution in [2.75, 3.05) is 42.6 Å². The van der Waals surface area contributed by atoms with Crippen LogP contribution in [0.25, 0.3) is 11.0 Å². The molecule has 2 heterocycles. The molecule has 1 saturated heterocycles. The van der Waals surface area contributed by atoms with Crippen molar-refractivity contribution in [1.29, 1.82) is 5.26 Å². The Morgan fingerprint density at radius 1 is 1.06 bits per heavy atom. The molecule has 1 atom stereocenters. The van der Waals surface area contributed by atoms with E-state index in [1.807, 2.05) is 62.4 Å². The molecule has 0 bridgehead atoms. The zero-order valence-corrected chi connectivity index (χ0v) is 19.5. The third-order valence-electron chi connectivity index (χ3n) is 5.53. The van der Waals surface area contributed by atoms with Gasteiger partial charge < -0.3 is 14.5 Å². The van der Waals surface area contributed by atoms with Gasteiger partial charge in [-0.1, -0.05) is 43.6 Å². The number of esters is 1. The highest BCUT2D eigenvalue weighted by Gasteiger charge is 2.31. The SMILES string of the molecule is CC(C)COC(=O)[C@H](C#N)c1nc2ccccc2nc1N1CCN(c2cccc(Cl)c2)CC1. The largest absolute Gasteiger partial charge is 0.464 e. The Kier molecular flexibility index (Phi) is 6.95. The lowest BCUT2D eigenvalue weighted by Crippen LogP contribution is -2.47. The van der Waals surface area contributed by atoms with Crippen molar-refractivity contribution in [3.63, 3.8) is 0 Å². The smallest absolute Gasteiger partial charge is 0.329 e. The molecule has 4 rings (SSSR count). The van der Waals surface area contributed by atoms with Gasteiger partial charge in [-0.15, -0.1) is 0 Å². The number of rotatable bonds is 6. The number of aromatic nitrogens is 2. The topological polar surface area (TPSA) is 82.3 Å². The van der Waals surface area contributed by atoms with Crippen LogP contribution in [0.2, 0.25) is 5.02 Å². The van der Waals surface area contributed by atoms with E-state index in [0.717, 1.165) is 24.3 Å². The Balaban J connectivity index is 1.64. The molecule has 3 aromatic rings. The first kappa shape index (κ1) is 22.8. The van der Waals surface area contributed by atoms with Crippen LogP contribution < -0.4 is 9.80 Å². The van der Waals surface area contributed by atoms with Crippen LogP contribution >= 0.6 is 11.6 Å². The maximum atomic E-state index is 12.8. The Morgan fingerprint density at radius 2 is 1.73 bits per heavy atom. The van der Waals surface area contributed by atoms with Gasteiger partial charge in [0.05, 0.1) is 23.7 Å². The molecular weight excluding hydrogens is 438 g/mol. The summed E-state index contributed by atoms with van der Waals surface area (Å²) in [4.78, 5) is 26.6. The molecule has 0 unspecified atom stereocenters. The van der Waals surface area contributed by atoms with Crippen LogP contribution in [0.3, 0.4) is 0 Å². The second-order valence-corrected chi connectivity index (χ2v) is 8.90. The molecule has 2 aromatic carbocycles. The molecule has 0 saturated carbocycles. The first-order valence-electron chi connectivity index (χ1n) is 11.0. The normalized spacial score (nSPS) is 14.9. The number of anilines is 2. The average Bonchev–Trinajstić information content (AvgIpc) is 2.83. The third-order valence-corrected chi connectivity index (χ3v) is 5.76. The fourth-order valence-corrected chi connectivity index (χ4v) is 4.02. The van der Waals surface area contributed by atoms with Gasteiger partial charge in [0.2, 0.25) is 0 Å². The van der Waals surface area contributed by atoms with Crippen molar-refractivity contribution >= 4 is 40.1 Å². The van der Waals surface area contributed by atoms with Gasteiger partial charge in [-0.2, -0.15) is 5.26 Å². The Hall–Kier alpha value is -3.37. The van der Waals surface area contributed by atoms with Crippen LogP contribution in [0.4, 0.5) is 11.5 Å². The number of hydrogen-bond donors (Lipinski definition) is 0. The predicted octanol–water partition coefficient (Wildman–Crippen LogP) is 4.42. The van der Waals surface area contributed by atoms with Crippen LogP contribution in [0.15, 0.2) is 48.5 Å². The van der Waals surface area contributed by atoms with Gasteiger partial charge in [-0.25, -0.2) is 9.97 Å².